The summed E-state index contributed by atoms with van der Waals surface area (Å²) in [5, 5.41) is 32.9. The number of aliphatic hydroxyl groups is 3. The first-order valence-corrected chi connectivity index (χ1v) is 24.8. The van der Waals surface area contributed by atoms with E-state index in [0.29, 0.717) is 54.3 Å². The number of nitrogens with zero attached hydrogens (tertiary/aromatic N) is 3. The molecule has 0 spiro atoms. The predicted octanol–water partition coefficient (Wildman–Crippen LogP) is 9.42. The van der Waals surface area contributed by atoms with Crippen molar-refractivity contribution in [3.05, 3.63) is 127 Å². The van der Waals surface area contributed by atoms with E-state index in [-0.39, 0.29) is 38.8 Å². The lowest BCUT2D eigenvalue weighted by Gasteiger charge is -2.35. The van der Waals surface area contributed by atoms with Crippen LogP contribution in [-0.2, 0) is 13.7 Å². The summed E-state index contributed by atoms with van der Waals surface area (Å²) >= 11 is 0. The van der Waals surface area contributed by atoms with E-state index in [2.05, 4.69) is 15.0 Å². The molecule has 72 heavy (non-hydrogen) atoms. The van der Waals surface area contributed by atoms with Crippen molar-refractivity contribution in [1.29, 1.82) is 0 Å². The molecule has 3 atom stereocenters. The van der Waals surface area contributed by atoms with Crippen LogP contribution in [0.5, 0.6) is 34.5 Å². The summed E-state index contributed by atoms with van der Waals surface area (Å²) in [7, 11) is 2.25. The maximum absolute atomic E-state index is 11.0. The normalized spacial score (nSPS) is 13.9. The number of pyridine rings is 3. The van der Waals surface area contributed by atoms with Crippen LogP contribution in [0.1, 0.15) is 74.5 Å². The summed E-state index contributed by atoms with van der Waals surface area (Å²) in [4.78, 5) is 13.7. The molecule has 0 amide bonds. The number of aromatic nitrogens is 3. The minimum absolute atomic E-state index is 0.222. The molecule has 0 aliphatic carbocycles. The zero-order valence-electron chi connectivity index (χ0n) is 42.2. The molecule has 1 saturated heterocycles. The molecule has 1 fully saturated rings. The Balaban J connectivity index is 1.16. The fourth-order valence-corrected chi connectivity index (χ4v) is 8.64. The average molecular weight is 982 g/mol. The monoisotopic (exact) mass is 981 g/mol. The van der Waals surface area contributed by atoms with Crippen LogP contribution in [0.2, 0.25) is 19.0 Å². The third kappa shape index (κ3) is 13.9. The summed E-state index contributed by atoms with van der Waals surface area (Å²) in [6.07, 6.45) is 13.8. The van der Waals surface area contributed by atoms with E-state index in [1.165, 1.54) is 0 Å². The number of ether oxygens (including phenoxy) is 6. The van der Waals surface area contributed by atoms with Crippen LogP contribution in [0.15, 0.2) is 110 Å². The number of rotatable bonds is 27. The second kappa shape index (κ2) is 27.1. The van der Waals surface area contributed by atoms with Crippen LogP contribution in [0.4, 0.5) is 0 Å². The second-order valence-electron chi connectivity index (χ2n) is 17.7. The molecular weight excluding hydrogens is 915 g/mol. The van der Waals surface area contributed by atoms with Gasteiger partial charge in [0.25, 0.3) is 0 Å². The summed E-state index contributed by atoms with van der Waals surface area (Å²) in [6.45, 7) is 7.10. The van der Waals surface area contributed by atoms with Gasteiger partial charge in [-0.3, -0.25) is 15.0 Å². The standard InChI is InChI=1S/C54H66B3N3O12/c1-7-16-67-52-22-37(10-13-49(52)64-4)40-19-43(31-58-28-40)46(34-61)25-55-70-56(26-47(35-62)44-20-41(29-59-32-44)38-11-14-50(65-5)53(23-38)68-17-8-2)72-57(71-55)27-48(36-63)45-21-42(30-60-33-45)39-12-15-51(66-6)54(24-39)69-18-9-3/h10-15,19-24,28-33,46-48,61-63H,7-9,16-18,25-27,34-36H2,1-6H3/t46-,47-,48-/m0/s1. The van der Waals surface area contributed by atoms with Gasteiger partial charge in [-0.05, 0) is 126 Å². The highest BCUT2D eigenvalue weighted by atomic mass is 16.7. The summed E-state index contributed by atoms with van der Waals surface area (Å²) in [6, 6.07) is 23.3. The Labute approximate surface area is 424 Å². The third-order valence-electron chi connectivity index (χ3n) is 12.6. The van der Waals surface area contributed by atoms with E-state index in [1.54, 1.807) is 58.5 Å². The Morgan fingerprint density at radius 3 is 0.944 bits per heavy atom. The molecule has 1 aliphatic rings. The van der Waals surface area contributed by atoms with Crippen molar-refractivity contribution in [2.75, 3.05) is 61.0 Å². The van der Waals surface area contributed by atoms with E-state index in [0.717, 1.165) is 69.3 Å². The Morgan fingerprint density at radius 1 is 0.403 bits per heavy atom. The molecule has 3 aromatic carbocycles. The van der Waals surface area contributed by atoms with Gasteiger partial charge in [-0.15, -0.1) is 0 Å². The zero-order chi connectivity index (χ0) is 50.8. The Hall–Kier alpha value is -6.14. The molecule has 3 aromatic heterocycles. The van der Waals surface area contributed by atoms with E-state index in [9.17, 15) is 15.3 Å². The second-order valence-corrected chi connectivity index (χ2v) is 17.7. The van der Waals surface area contributed by atoms with Crippen LogP contribution >= 0.6 is 0 Å². The van der Waals surface area contributed by atoms with Gasteiger partial charge in [0, 0.05) is 91.4 Å². The lowest BCUT2D eigenvalue weighted by molar-refractivity contribution is 0.232. The van der Waals surface area contributed by atoms with Crippen molar-refractivity contribution < 1.29 is 57.5 Å². The molecule has 7 rings (SSSR count). The van der Waals surface area contributed by atoms with E-state index in [1.807, 2.05) is 93.6 Å². The van der Waals surface area contributed by atoms with Gasteiger partial charge < -0.3 is 57.5 Å². The smallest absolute Gasteiger partial charge is 0.430 e. The molecule has 6 aromatic rings. The van der Waals surface area contributed by atoms with Crippen LogP contribution in [0.25, 0.3) is 33.4 Å². The molecule has 3 N–H and O–H groups in total. The van der Waals surface area contributed by atoms with E-state index in [4.69, 9.17) is 42.1 Å². The van der Waals surface area contributed by atoms with Gasteiger partial charge in [-0.25, -0.2) is 0 Å². The maximum atomic E-state index is 11.0. The number of hydrogen-bond donors (Lipinski definition) is 3. The Bertz CT molecular complexity index is 2360. The van der Waals surface area contributed by atoms with Gasteiger partial charge in [-0.1, -0.05) is 39.0 Å². The van der Waals surface area contributed by atoms with Gasteiger partial charge in [0.05, 0.1) is 41.2 Å². The number of benzene rings is 3. The number of aliphatic hydroxyl groups excluding tert-OH is 3. The van der Waals surface area contributed by atoms with Gasteiger partial charge in [0.1, 0.15) is 0 Å². The first-order chi connectivity index (χ1) is 35.2. The summed E-state index contributed by atoms with van der Waals surface area (Å²) in [5.41, 5.74) is 7.48. The minimum atomic E-state index is -0.862. The molecular formula is C54H66B3N3O12. The van der Waals surface area contributed by atoms with Crippen LogP contribution < -0.4 is 28.4 Å². The first kappa shape index (κ1) is 53.7. The van der Waals surface area contributed by atoms with Gasteiger partial charge >= 0.3 is 21.4 Å². The summed E-state index contributed by atoms with van der Waals surface area (Å²) < 4.78 is 54.5. The molecule has 0 bridgehead atoms. The lowest BCUT2D eigenvalue weighted by atomic mass is 9.60. The van der Waals surface area contributed by atoms with Crippen molar-refractivity contribution in [2.24, 2.45) is 0 Å². The fourth-order valence-electron chi connectivity index (χ4n) is 8.64. The van der Waals surface area contributed by atoms with Crippen molar-refractivity contribution in [1.82, 2.24) is 15.0 Å². The maximum Gasteiger partial charge on any atom is 0.430 e. The van der Waals surface area contributed by atoms with E-state index >= 15 is 0 Å². The molecule has 18 heteroatoms. The highest BCUT2D eigenvalue weighted by molar-refractivity contribution is 6.73. The SMILES string of the molecule is CCCOc1cc(-c2cncc([C@H](CO)CB3OB(C[C@@H](CO)c4cncc(-c5ccc(OC)c(OCCC)c5)c4)OB(C[C@@H](CO)c4cncc(-c5ccc(OC)c(OCCC)c5)c4)O3)c2)ccc1OC. The van der Waals surface area contributed by atoms with Gasteiger partial charge in [-0.2, -0.15) is 0 Å². The van der Waals surface area contributed by atoms with Gasteiger partial charge in [0.15, 0.2) is 34.5 Å². The lowest BCUT2D eigenvalue weighted by Crippen LogP contribution is -2.50. The minimum Gasteiger partial charge on any atom is -0.493 e. The molecule has 4 heterocycles. The molecule has 1 aliphatic heterocycles. The molecule has 0 radical (unpaired) electrons. The van der Waals surface area contributed by atoms with Crippen molar-refractivity contribution >= 4 is 21.4 Å². The number of hydrogen-bond acceptors (Lipinski definition) is 15. The molecule has 0 unspecified atom stereocenters. The van der Waals surface area contributed by atoms with Gasteiger partial charge in [0.2, 0.25) is 0 Å². The summed E-state index contributed by atoms with van der Waals surface area (Å²) in [5.74, 6) is 2.44. The van der Waals surface area contributed by atoms with Crippen molar-refractivity contribution in [3.63, 3.8) is 0 Å². The molecule has 378 valence electrons. The van der Waals surface area contributed by atoms with Crippen molar-refractivity contribution in [2.45, 2.75) is 76.7 Å². The third-order valence-corrected chi connectivity index (χ3v) is 12.6. The highest BCUT2D eigenvalue weighted by Gasteiger charge is 2.43. The largest absolute Gasteiger partial charge is 0.493 e. The predicted molar refractivity (Wildman–Crippen MR) is 280 cm³/mol. The molecule has 15 nitrogen and oxygen atoms in total. The first-order valence-electron chi connectivity index (χ1n) is 24.8. The Morgan fingerprint density at radius 2 is 0.694 bits per heavy atom. The topological polar surface area (TPSA) is 182 Å². The quantitative estimate of drug-likeness (QED) is 0.0415. The van der Waals surface area contributed by atoms with Crippen LogP contribution in [-0.4, -0.2) is 113 Å². The number of methoxy groups -OCH3 is 3. The highest BCUT2D eigenvalue weighted by Crippen LogP contribution is 2.39. The average Bonchev–Trinajstić information content (AvgIpc) is 3.43. The van der Waals surface area contributed by atoms with Crippen LogP contribution in [0.3, 0.4) is 0 Å². The fraction of sp³-hybridized carbons (Fsp3) is 0.389. The molecule has 0 saturated carbocycles. The van der Waals surface area contributed by atoms with Crippen LogP contribution in [0, 0.1) is 0 Å². The van der Waals surface area contributed by atoms with E-state index < -0.39 is 39.1 Å². The Kier molecular flexibility index (Phi) is 20.2. The van der Waals surface area contributed by atoms with Crippen molar-refractivity contribution in [3.8, 4) is 67.9 Å². The zero-order valence-corrected chi connectivity index (χ0v) is 42.2.